The van der Waals surface area contributed by atoms with E-state index in [4.69, 9.17) is 0 Å². The molecule has 0 N–H and O–H groups in total. The van der Waals surface area contributed by atoms with Gasteiger partial charge in [-0.25, -0.2) is 0 Å². The van der Waals surface area contributed by atoms with Crippen LogP contribution in [0.3, 0.4) is 0 Å². The quantitative estimate of drug-likeness (QED) is 0.856. The van der Waals surface area contributed by atoms with E-state index in [-0.39, 0.29) is 12.8 Å². The molecule has 0 spiro atoms. The normalized spacial score (nSPS) is 24.1. The predicted molar refractivity (Wildman–Crippen MR) is 69.1 cm³/mol. The summed E-state index contributed by atoms with van der Waals surface area (Å²) in [6, 6.07) is 5.01. The van der Waals surface area contributed by atoms with Gasteiger partial charge in [-0.2, -0.15) is 18.4 Å². The number of alkyl halides is 3. The van der Waals surface area contributed by atoms with E-state index in [1.54, 1.807) is 12.1 Å². The molecule has 1 saturated carbocycles. The van der Waals surface area contributed by atoms with Crippen LogP contribution in [0.5, 0.6) is 0 Å². The standard InChI is InChI=1S/C15H15F3N2O/c16-15(17,18)12-3-1-2-11(8-12)14(21)13(9-19)10-4-6-20-7-5-10/h4-7,11-13H,1-3,8H2. The van der Waals surface area contributed by atoms with Crippen LogP contribution in [0, 0.1) is 23.2 Å². The van der Waals surface area contributed by atoms with E-state index in [0.29, 0.717) is 18.4 Å². The number of hydrogen-bond donors (Lipinski definition) is 0. The third-order valence-electron chi connectivity index (χ3n) is 3.99. The van der Waals surface area contributed by atoms with E-state index >= 15 is 0 Å². The Hall–Kier alpha value is -1.90. The van der Waals surface area contributed by atoms with Crippen LogP contribution in [-0.2, 0) is 4.79 Å². The SMILES string of the molecule is N#CC(C(=O)C1CCCC(C(F)(F)F)C1)c1ccncc1. The minimum Gasteiger partial charge on any atom is -0.298 e. The van der Waals surface area contributed by atoms with Crippen LogP contribution >= 0.6 is 0 Å². The minimum atomic E-state index is -4.27. The number of Topliss-reactive ketones (excluding diaryl/α,β-unsaturated/α-hetero) is 1. The molecule has 2 rings (SSSR count). The van der Waals surface area contributed by atoms with Crippen LogP contribution in [-0.4, -0.2) is 16.9 Å². The predicted octanol–water partition coefficient (Wildman–Crippen LogP) is 3.63. The van der Waals surface area contributed by atoms with Crippen molar-refractivity contribution in [1.29, 1.82) is 5.26 Å². The number of carbonyl (C=O) groups is 1. The third-order valence-corrected chi connectivity index (χ3v) is 3.99. The largest absolute Gasteiger partial charge is 0.391 e. The monoisotopic (exact) mass is 296 g/mol. The lowest BCUT2D eigenvalue weighted by Gasteiger charge is -2.30. The molecule has 3 unspecified atom stereocenters. The molecule has 1 aliphatic carbocycles. The Bertz CT molecular complexity index is 536. The van der Waals surface area contributed by atoms with Gasteiger partial charge in [0.2, 0.25) is 0 Å². The van der Waals surface area contributed by atoms with Crippen molar-refractivity contribution in [1.82, 2.24) is 4.98 Å². The van der Waals surface area contributed by atoms with Gasteiger partial charge in [-0.3, -0.25) is 9.78 Å². The van der Waals surface area contributed by atoms with Gasteiger partial charge in [-0.1, -0.05) is 6.42 Å². The van der Waals surface area contributed by atoms with Gasteiger partial charge >= 0.3 is 6.18 Å². The van der Waals surface area contributed by atoms with E-state index in [0.717, 1.165) is 0 Å². The number of ketones is 1. The van der Waals surface area contributed by atoms with Gasteiger partial charge in [0.1, 0.15) is 5.92 Å². The molecule has 21 heavy (non-hydrogen) atoms. The average molecular weight is 296 g/mol. The first-order chi connectivity index (χ1) is 9.93. The highest BCUT2D eigenvalue weighted by Gasteiger charge is 2.44. The molecule has 0 amide bonds. The maximum Gasteiger partial charge on any atom is 0.391 e. The number of aromatic nitrogens is 1. The molecule has 3 nitrogen and oxygen atoms in total. The molecule has 112 valence electrons. The van der Waals surface area contributed by atoms with Crippen LogP contribution in [0.2, 0.25) is 0 Å². The molecule has 0 aliphatic heterocycles. The lowest BCUT2D eigenvalue weighted by molar-refractivity contribution is -0.186. The van der Waals surface area contributed by atoms with Gasteiger partial charge in [0.05, 0.1) is 12.0 Å². The Morgan fingerprint density at radius 1 is 1.33 bits per heavy atom. The van der Waals surface area contributed by atoms with Crippen molar-refractivity contribution in [2.24, 2.45) is 11.8 Å². The van der Waals surface area contributed by atoms with E-state index < -0.39 is 29.7 Å². The van der Waals surface area contributed by atoms with Crippen LogP contribution in [0.15, 0.2) is 24.5 Å². The zero-order valence-corrected chi connectivity index (χ0v) is 11.3. The summed E-state index contributed by atoms with van der Waals surface area (Å²) < 4.78 is 38.4. The second kappa shape index (κ2) is 6.25. The topological polar surface area (TPSA) is 53.8 Å². The van der Waals surface area contributed by atoms with Gasteiger partial charge in [-0.05, 0) is 37.0 Å². The second-order valence-corrected chi connectivity index (χ2v) is 5.35. The Labute approximate surface area is 120 Å². The Balaban J connectivity index is 2.13. The third kappa shape index (κ3) is 3.60. The zero-order chi connectivity index (χ0) is 15.5. The number of rotatable bonds is 3. The first-order valence-electron chi connectivity index (χ1n) is 6.83. The molecule has 1 aromatic rings. The van der Waals surface area contributed by atoms with Gasteiger partial charge < -0.3 is 0 Å². The van der Waals surface area contributed by atoms with Gasteiger partial charge in [0.25, 0.3) is 0 Å². The Kier molecular flexibility index (Phi) is 4.61. The zero-order valence-electron chi connectivity index (χ0n) is 11.3. The number of carbonyl (C=O) groups excluding carboxylic acids is 1. The smallest absolute Gasteiger partial charge is 0.298 e. The van der Waals surface area contributed by atoms with E-state index in [1.165, 1.54) is 12.4 Å². The van der Waals surface area contributed by atoms with Crippen molar-refractivity contribution in [3.8, 4) is 6.07 Å². The lowest BCUT2D eigenvalue weighted by Crippen LogP contribution is -2.33. The summed E-state index contributed by atoms with van der Waals surface area (Å²) in [5.41, 5.74) is 0.492. The molecule has 0 saturated heterocycles. The highest BCUT2D eigenvalue weighted by atomic mass is 19.4. The number of halogens is 3. The van der Waals surface area contributed by atoms with Crippen molar-refractivity contribution < 1.29 is 18.0 Å². The highest BCUT2D eigenvalue weighted by molar-refractivity contribution is 5.90. The highest BCUT2D eigenvalue weighted by Crippen LogP contribution is 2.41. The molecule has 0 aromatic carbocycles. The summed E-state index contributed by atoms with van der Waals surface area (Å²) in [4.78, 5) is 16.2. The molecule has 1 aromatic heterocycles. The first-order valence-corrected chi connectivity index (χ1v) is 6.83. The molecule has 1 fully saturated rings. The van der Waals surface area contributed by atoms with Crippen LogP contribution in [0.4, 0.5) is 13.2 Å². The van der Waals surface area contributed by atoms with Crippen molar-refractivity contribution in [3.63, 3.8) is 0 Å². The molecule has 0 radical (unpaired) electrons. The maximum absolute atomic E-state index is 12.8. The number of nitriles is 1. The molecular weight excluding hydrogens is 281 g/mol. The van der Waals surface area contributed by atoms with Crippen molar-refractivity contribution in [2.45, 2.75) is 37.8 Å². The lowest BCUT2D eigenvalue weighted by atomic mass is 9.75. The summed E-state index contributed by atoms with van der Waals surface area (Å²) in [7, 11) is 0. The molecule has 0 bridgehead atoms. The van der Waals surface area contributed by atoms with Crippen molar-refractivity contribution in [2.75, 3.05) is 0 Å². The van der Waals surface area contributed by atoms with Crippen LogP contribution < -0.4 is 0 Å². The van der Waals surface area contributed by atoms with Gasteiger partial charge in [0, 0.05) is 18.3 Å². The van der Waals surface area contributed by atoms with Crippen molar-refractivity contribution in [3.05, 3.63) is 30.1 Å². The summed E-state index contributed by atoms with van der Waals surface area (Å²) in [5.74, 6) is -3.54. The van der Waals surface area contributed by atoms with E-state index in [2.05, 4.69) is 4.98 Å². The summed E-state index contributed by atoms with van der Waals surface area (Å²) in [6.45, 7) is 0. The second-order valence-electron chi connectivity index (χ2n) is 5.35. The first kappa shape index (κ1) is 15.5. The Morgan fingerprint density at radius 2 is 2.00 bits per heavy atom. The molecule has 1 heterocycles. The van der Waals surface area contributed by atoms with Gasteiger partial charge in [-0.15, -0.1) is 0 Å². The van der Waals surface area contributed by atoms with Crippen LogP contribution in [0.25, 0.3) is 0 Å². The fourth-order valence-electron chi connectivity index (χ4n) is 2.84. The molecule has 6 heteroatoms. The number of pyridine rings is 1. The maximum atomic E-state index is 12.8. The van der Waals surface area contributed by atoms with Crippen LogP contribution in [0.1, 0.15) is 37.2 Å². The average Bonchev–Trinajstić information content (AvgIpc) is 2.48. The fraction of sp³-hybridized carbons (Fsp3) is 0.533. The fourth-order valence-corrected chi connectivity index (χ4v) is 2.84. The molecule has 1 aliphatic rings. The summed E-state index contributed by atoms with van der Waals surface area (Å²) in [5, 5.41) is 9.19. The van der Waals surface area contributed by atoms with E-state index in [1.807, 2.05) is 6.07 Å². The summed E-state index contributed by atoms with van der Waals surface area (Å²) >= 11 is 0. The number of nitrogens with zero attached hydrogens (tertiary/aromatic N) is 2. The van der Waals surface area contributed by atoms with Gasteiger partial charge in [0.15, 0.2) is 5.78 Å². The number of hydrogen-bond acceptors (Lipinski definition) is 3. The molecule has 3 atom stereocenters. The minimum absolute atomic E-state index is 0.0692. The Morgan fingerprint density at radius 3 is 2.57 bits per heavy atom. The summed E-state index contributed by atoms with van der Waals surface area (Å²) in [6.07, 6.45) is -0.675. The van der Waals surface area contributed by atoms with Crippen molar-refractivity contribution >= 4 is 5.78 Å². The van der Waals surface area contributed by atoms with E-state index in [9.17, 15) is 23.2 Å². The molecular formula is C15H15F3N2O.